The first-order valence-corrected chi connectivity index (χ1v) is 11.3. The van der Waals surface area contributed by atoms with Crippen molar-refractivity contribution in [2.24, 2.45) is 16.6 Å². The molecular weight excluding hydrogens is 489 g/mol. The van der Waals surface area contributed by atoms with Crippen LogP contribution < -0.4 is 16.4 Å². The van der Waals surface area contributed by atoms with E-state index in [0.717, 1.165) is 45.0 Å². The molecule has 1 unspecified atom stereocenters. The van der Waals surface area contributed by atoms with Gasteiger partial charge in [0.1, 0.15) is 0 Å². The van der Waals surface area contributed by atoms with Gasteiger partial charge in [0.25, 0.3) is 0 Å². The highest BCUT2D eigenvalue weighted by Crippen LogP contribution is 2.19. The van der Waals surface area contributed by atoms with E-state index in [-0.39, 0.29) is 35.8 Å². The highest BCUT2D eigenvalue weighted by atomic mass is 127. The Kier molecular flexibility index (Phi) is 10.9. The second-order valence-electron chi connectivity index (χ2n) is 8.47. The summed E-state index contributed by atoms with van der Waals surface area (Å²) in [6.07, 6.45) is 8.41. The van der Waals surface area contributed by atoms with Gasteiger partial charge in [-0.1, -0.05) is 43.5 Å². The Morgan fingerprint density at radius 2 is 1.93 bits per heavy atom. The van der Waals surface area contributed by atoms with E-state index < -0.39 is 0 Å². The smallest absolute Gasteiger partial charge is 0.221 e. The second kappa shape index (κ2) is 13.1. The topological polar surface area (TPSA) is 82.8 Å². The van der Waals surface area contributed by atoms with Gasteiger partial charge in [-0.25, -0.2) is 4.99 Å². The van der Waals surface area contributed by atoms with Crippen LogP contribution in [0.15, 0.2) is 29.3 Å². The van der Waals surface area contributed by atoms with Gasteiger partial charge in [-0.15, -0.1) is 24.0 Å². The molecule has 1 aromatic rings. The summed E-state index contributed by atoms with van der Waals surface area (Å²) in [5, 5.41) is 6.99. The average molecular weight is 527 g/mol. The zero-order valence-corrected chi connectivity index (χ0v) is 20.6. The molecule has 168 valence electrons. The number of rotatable bonds is 7. The lowest BCUT2D eigenvalue weighted by molar-refractivity contribution is -0.123. The number of aliphatic imine (C=N–C) groups is 1. The SMILES string of the molecule is CCNC(=NCc1cccc(CN2CCCC(C(N)=O)C2)c1)NC1CCCCC1.I. The molecule has 0 radical (unpaired) electrons. The molecule has 1 saturated heterocycles. The Labute approximate surface area is 198 Å². The van der Waals surface area contributed by atoms with Crippen molar-refractivity contribution >= 4 is 35.8 Å². The minimum absolute atomic E-state index is 0. The number of primary amides is 1. The number of nitrogens with one attached hydrogen (secondary N) is 2. The molecule has 3 rings (SSSR count). The second-order valence-corrected chi connectivity index (χ2v) is 8.47. The van der Waals surface area contributed by atoms with Gasteiger partial charge in [0, 0.05) is 25.7 Å². The lowest BCUT2D eigenvalue weighted by atomic mass is 9.96. The van der Waals surface area contributed by atoms with Gasteiger partial charge in [0.2, 0.25) is 5.91 Å². The van der Waals surface area contributed by atoms with Crippen LogP contribution in [-0.4, -0.2) is 42.4 Å². The molecule has 0 aromatic heterocycles. The quantitative estimate of drug-likeness (QED) is 0.289. The molecule has 1 aliphatic carbocycles. The molecule has 2 fully saturated rings. The van der Waals surface area contributed by atoms with E-state index in [1.807, 2.05) is 0 Å². The van der Waals surface area contributed by atoms with Crippen molar-refractivity contribution in [2.75, 3.05) is 19.6 Å². The van der Waals surface area contributed by atoms with Crippen molar-refractivity contribution in [1.29, 1.82) is 0 Å². The molecular formula is C23H38IN5O. The third kappa shape index (κ3) is 8.06. The molecule has 6 nitrogen and oxygen atoms in total. The normalized spacial score (nSPS) is 21.0. The summed E-state index contributed by atoms with van der Waals surface area (Å²) in [6, 6.07) is 9.19. The molecule has 0 spiro atoms. The molecule has 1 atom stereocenters. The van der Waals surface area contributed by atoms with E-state index >= 15 is 0 Å². The van der Waals surface area contributed by atoms with E-state index in [0.29, 0.717) is 12.6 Å². The number of nitrogens with two attached hydrogens (primary N) is 1. The monoisotopic (exact) mass is 527 g/mol. The van der Waals surface area contributed by atoms with Crippen LogP contribution in [0.4, 0.5) is 0 Å². The summed E-state index contributed by atoms with van der Waals surface area (Å²) >= 11 is 0. The standard InChI is InChI=1S/C23H37N5O.HI/c1-2-25-23(27-21-11-4-3-5-12-21)26-15-18-8-6-9-19(14-18)16-28-13-7-10-20(17-28)22(24)29;/h6,8-9,14,20-21H,2-5,7,10-13,15-17H2,1H3,(H2,24,29)(H2,25,26,27);1H. The number of benzene rings is 1. The maximum atomic E-state index is 11.5. The van der Waals surface area contributed by atoms with Gasteiger partial charge in [0.15, 0.2) is 5.96 Å². The van der Waals surface area contributed by atoms with Crippen LogP contribution in [0.2, 0.25) is 0 Å². The minimum atomic E-state index is -0.167. The molecule has 1 amide bonds. The number of guanidine groups is 1. The zero-order chi connectivity index (χ0) is 20.5. The summed E-state index contributed by atoms with van der Waals surface area (Å²) in [4.78, 5) is 18.7. The number of piperidine rings is 1. The number of amides is 1. The van der Waals surface area contributed by atoms with Crippen molar-refractivity contribution < 1.29 is 4.79 Å². The molecule has 7 heteroatoms. The Bertz CT molecular complexity index is 690. The molecule has 4 N–H and O–H groups in total. The Morgan fingerprint density at radius 3 is 2.67 bits per heavy atom. The fourth-order valence-electron chi connectivity index (χ4n) is 4.45. The highest BCUT2D eigenvalue weighted by molar-refractivity contribution is 14.0. The van der Waals surface area contributed by atoms with Gasteiger partial charge in [-0.3, -0.25) is 9.69 Å². The Hall–Kier alpha value is -1.35. The number of likely N-dealkylation sites (tertiary alicyclic amines) is 1. The molecule has 0 bridgehead atoms. The van der Waals surface area contributed by atoms with Crippen LogP contribution in [-0.2, 0) is 17.9 Å². The van der Waals surface area contributed by atoms with Gasteiger partial charge in [-0.2, -0.15) is 0 Å². The van der Waals surface area contributed by atoms with Crippen molar-refractivity contribution in [3.05, 3.63) is 35.4 Å². The average Bonchev–Trinajstić information content (AvgIpc) is 2.73. The maximum absolute atomic E-state index is 11.5. The minimum Gasteiger partial charge on any atom is -0.369 e. The van der Waals surface area contributed by atoms with Crippen LogP contribution >= 0.6 is 24.0 Å². The third-order valence-corrected chi connectivity index (χ3v) is 6.02. The molecule has 1 aliphatic heterocycles. The number of halogens is 1. The lowest BCUT2D eigenvalue weighted by Gasteiger charge is -2.31. The summed E-state index contributed by atoms with van der Waals surface area (Å²) in [5.74, 6) is 0.745. The fraction of sp³-hybridized carbons (Fsp3) is 0.652. The van der Waals surface area contributed by atoms with Crippen LogP contribution in [0.5, 0.6) is 0 Å². The van der Waals surface area contributed by atoms with Crippen LogP contribution in [0.3, 0.4) is 0 Å². The van der Waals surface area contributed by atoms with Crippen LogP contribution in [0.25, 0.3) is 0 Å². The van der Waals surface area contributed by atoms with Gasteiger partial charge < -0.3 is 16.4 Å². The highest BCUT2D eigenvalue weighted by Gasteiger charge is 2.23. The predicted molar refractivity (Wildman–Crippen MR) is 134 cm³/mol. The summed E-state index contributed by atoms with van der Waals surface area (Å²) in [6.45, 7) is 6.31. The first-order valence-electron chi connectivity index (χ1n) is 11.3. The first kappa shape index (κ1) is 24.9. The van der Waals surface area contributed by atoms with Gasteiger partial charge in [-0.05, 0) is 50.3 Å². The zero-order valence-electron chi connectivity index (χ0n) is 18.2. The summed E-state index contributed by atoms with van der Waals surface area (Å²) < 4.78 is 0. The fourth-order valence-corrected chi connectivity index (χ4v) is 4.45. The van der Waals surface area contributed by atoms with Crippen molar-refractivity contribution in [3.63, 3.8) is 0 Å². The number of hydrogen-bond acceptors (Lipinski definition) is 3. The third-order valence-electron chi connectivity index (χ3n) is 6.02. The van der Waals surface area contributed by atoms with Gasteiger partial charge in [0.05, 0.1) is 12.5 Å². The van der Waals surface area contributed by atoms with Crippen molar-refractivity contribution in [1.82, 2.24) is 15.5 Å². The van der Waals surface area contributed by atoms with E-state index in [9.17, 15) is 4.79 Å². The van der Waals surface area contributed by atoms with Crippen molar-refractivity contribution in [2.45, 2.75) is 71.0 Å². The van der Waals surface area contributed by atoms with Crippen LogP contribution in [0.1, 0.15) is 63.0 Å². The summed E-state index contributed by atoms with van der Waals surface area (Å²) in [5.41, 5.74) is 8.00. The predicted octanol–water partition coefficient (Wildman–Crippen LogP) is 3.39. The molecule has 1 saturated carbocycles. The van der Waals surface area contributed by atoms with Gasteiger partial charge >= 0.3 is 0 Å². The first-order chi connectivity index (χ1) is 14.1. The number of carbonyl (C=O) groups is 1. The largest absolute Gasteiger partial charge is 0.369 e. The maximum Gasteiger partial charge on any atom is 0.221 e. The molecule has 30 heavy (non-hydrogen) atoms. The lowest BCUT2D eigenvalue weighted by Crippen LogP contribution is -2.44. The number of carbonyl (C=O) groups excluding carboxylic acids is 1. The number of nitrogens with zero attached hydrogens (tertiary/aromatic N) is 2. The van der Waals surface area contributed by atoms with E-state index in [4.69, 9.17) is 10.7 Å². The van der Waals surface area contributed by atoms with Crippen LogP contribution in [0, 0.1) is 5.92 Å². The molecule has 1 aromatic carbocycles. The van der Waals surface area contributed by atoms with Crippen molar-refractivity contribution in [3.8, 4) is 0 Å². The summed E-state index contributed by atoms with van der Waals surface area (Å²) in [7, 11) is 0. The Balaban J connectivity index is 0.00000320. The Morgan fingerprint density at radius 1 is 1.17 bits per heavy atom. The van der Waals surface area contributed by atoms with E-state index in [2.05, 4.69) is 46.7 Å². The molecule has 2 aliphatic rings. The number of hydrogen-bond donors (Lipinski definition) is 3. The van der Waals surface area contributed by atoms with E-state index in [1.54, 1.807) is 0 Å². The van der Waals surface area contributed by atoms with E-state index in [1.165, 1.54) is 43.2 Å². The molecule has 1 heterocycles.